The zero-order valence-electron chi connectivity index (χ0n) is 61.3. The van der Waals surface area contributed by atoms with E-state index in [1.54, 1.807) is 37.8 Å². The van der Waals surface area contributed by atoms with E-state index in [0.29, 0.717) is 145 Å². The van der Waals surface area contributed by atoms with Crippen molar-refractivity contribution in [3.63, 3.8) is 0 Å². The average molecular weight is 1500 g/mol. The molecule has 0 N–H and O–H groups in total. The fourth-order valence-electron chi connectivity index (χ4n) is 14.0. The molecule has 26 nitrogen and oxygen atoms in total. The molecule has 30 heteroatoms. The number of likely N-dealkylation sites (N-methyl/N-ethyl adjacent to an activating group) is 1. The summed E-state index contributed by atoms with van der Waals surface area (Å²) in [6.45, 7) is 11.5. The molecule has 3 saturated heterocycles. The Balaban J connectivity index is 0.000000163. The number of piperazine rings is 3. The molecule has 0 radical (unpaired) electrons. The third-order valence-corrected chi connectivity index (χ3v) is 19.6. The number of anilines is 3. The molecule has 3 fully saturated rings. The van der Waals surface area contributed by atoms with E-state index in [1.807, 2.05) is 117 Å². The number of hydrogen-bond donors (Lipinski definition) is 0. The Morgan fingerprint density at radius 1 is 0.376 bits per heavy atom. The van der Waals surface area contributed by atoms with Gasteiger partial charge in [-0.1, -0.05) is 47.0 Å². The van der Waals surface area contributed by atoms with Gasteiger partial charge in [0.15, 0.2) is 0 Å². The van der Waals surface area contributed by atoms with E-state index in [2.05, 4.69) is 0 Å². The lowest BCUT2D eigenvalue weighted by atomic mass is 10.1. The van der Waals surface area contributed by atoms with Crippen LogP contribution in [0.5, 0.6) is 0 Å². The standard InChI is InChI=1S/C28H24F2N4O4.C26H30FN5O4.C25H28FN5O4/c1-18-2-11-24-23(16-18)25(26(34(37)38)28(36)33(24)17-19-3-7-21(29)8-4-19)31-12-14-32(15-13-31)27(35)20-5-9-22(30)10-6-20;1-18-5-10-22-21(17-18)23(24(32(35)36)26(34)31(22)12-4-11-28(2)3)29-13-15-30(16-14-29)25(33)19-6-8-20(27)9-7-19;1-17-4-9-21-20(16-17)22(23(31(34)35)25(33)30(21)15-10-27(2)3)28-11-13-29(14-12-28)24(32)18-5-7-19(26)8-6-18/h2-11,16H,12-15,17H2,1H3;5-10,17H,4,11-16H2,1-3H3;4-9,16H,10-15H2,1-3H3. The normalized spacial score (nSPS) is 13.9. The van der Waals surface area contributed by atoms with Crippen molar-refractivity contribution in [1.29, 1.82) is 0 Å². The Bertz CT molecular complexity index is 5310. The first-order chi connectivity index (χ1) is 52.1. The molecule has 0 saturated carbocycles. The largest absolute Gasteiger partial charge is 0.362 e. The van der Waals surface area contributed by atoms with Gasteiger partial charge in [-0.05, 0) is 189 Å². The van der Waals surface area contributed by atoms with Gasteiger partial charge in [-0.15, -0.1) is 0 Å². The fourth-order valence-corrected chi connectivity index (χ4v) is 14.0. The van der Waals surface area contributed by atoms with Crippen LogP contribution in [0.2, 0.25) is 0 Å². The summed E-state index contributed by atoms with van der Waals surface area (Å²) in [6, 6.07) is 38.3. The van der Waals surface area contributed by atoms with Gasteiger partial charge in [-0.3, -0.25) is 63.7 Å². The summed E-state index contributed by atoms with van der Waals surface area (Å²) in [4.78, 5) is 128. The number of halogens is 4. The smallest absolute Gasteiger partial charge is 0.357 e. The van der Waals surface area contributed by atoms with Crippen LogP contribution in [0.1, 0.15) is 59.7 Å². The van der Waals surface area contributed by atoms with Crippen molar-refractivity contribution in [1.82, 2.24) is 38.2 Å². The molecule has 0 atom stereocenters. The number of rotatable bonds is 18. The third kappa shape index (κ3) is 17.5. The molecule has 3 aromatic heterocycles. The molecule has 7 aromatic carbocycles. The molecular formula is C79H82F4N14O12. The second-order valence-corrected chi connectivity index (χ2v) is 27.7. The van der Waals surface area contributed by atoms with Crippen LogP contribution in [0.3, 0.4) is 0 Å². The lowest BCUT2D eigenvalue weighted by Gasteiger charge is -2.36. The van der Waals surface area contributed by atoms with E-state index in [0.717, 1.165) is 23.2 Å². The SMILES string of the molecule is Cc1ccc2c(c1)c(N1CCN(C(=O)c3ccc(F)cc3)CC1)c([N+](=O)[O-])c(=O)n2CCCN(C)C.Cc1ccc2c(c1)c(N1CCN(C(=O)c3ccc(F)cc3)CC1)c([N+](=O)[O-])c(=O)n2CCN(C)C.Cc1ccc2c(c1)c(N1CCN(C(=O)c3ccc(F)cc3)CC1)c([N+](=O)[O-])c(=O)n2Cc1ccc(F)cc1. The molecule has 13 rings (SSSR count). The van der Waals surface area contributed by atoms with Crippen LogP contribution in [-0.2, 0) is 19.6 Å². The number of hydrogen-bond acceptors (Lipinski definition) is 17. The zero-order valence-corrected chi connectivity index (χ0v) is 61.3. The molecule has 3 amide bonds. The predicted octanol–water partition coefficient (Wildman–Crippen LogP) is 10.7. The Labute approximate surface area is 623 Å². The lowest BCUT2D eigenvalue weighted by Crippen LogP contribution is -2.49. The average Bonchev–Trinajstić information content (AvgIpc) is 0.755. The minimum atomic E-state index is -0.754. The van der Waals surface area contributed by atoms with Crippen molar-refractivity contribution < 1.29 is 46.7 Å². The van der Waals surface area contributed by atoms with Crippen molar-refractivity contribution in [2.75, 3.05) is 135 Å². The molecule has 568 valence electrons. The molecule has 0 spiro atoms. The van der Waals surface area contributed by atoms with E-state index in [-0.39, 0.29) is 56.1 Å². The van der Waals surface area contributed by atoms with Crippen molar-refractivity contribution in [3.8, 4) is 0 Å². The Kier molecular flexibility index (Phi) is 24.1. The number of amides is 3. The highest BCUT2D eigenvalue weighted by Crippen LogP contribution is 2.39. The summed E-state index contributed by atoms with van der Waals surface area (Å²) in [7, 11) is 7.65. The molecular weight excluding hydrogens is 1410 g/mol. The highest BCUT2D eigenvalue weighted by Gasteiger charge is 2.37. The maximum Gasteiger partial charge on any atom is 0.357 e. The molecule has 0 bridgehead atoms. The van der Waals surface area contributed by atoms with E-state index in [1.165, 1.54) is 98.6 Å². The van der Waals surface area contributed by atoms with E-state index in [9.17, 15) is 76.7 Å². The number of pyridine rings is 3. The number of carbonyl (C=O) groups is 3. The summed E-state index contributed by atoms with van der Waals surface area (Å²) >= 11 is 0. The molecule has 10 aromatic rings. The molecule has 0 aliphatic carbocycles. The van der Waals surface area contributed by atoms with Gasteiger partial charge in [0.05, 0.1) is 37.9 Å². The molecule has 3 aliphatic rings. The third-order valence-electron chi connectivity index (χ3n) is 19.6. The lowest BCUT2D eigenvalue weighted by molar-refractivity contribution is -0.385. The first-order valence-electron chi connectivity index (χ1n) is 35.4. The molecule has 109 heavy (non-hydrogen) atoms. The van der Waals surface area contributed by atoms with Crippen LogP contribution < -0.4 is 31.4 Å². The zero-order chi connectivity index (χ0) is 78.2. The Morgan fingerprint density at radius 3 is 0.945 bits per heavy atom. The second kappa shape index (κ2) is 33.7. The van der Waals surface area contributed by atoms with Gasteiger partial charge in [-0.25, -0.2) is 17.6 Å². The number of nitro groups is 3. The van der Waals surface area contributed by atoms with Crippen molar-refractivity contribution >= 4 is 84.6 Å². The van der Waals surface area contributed by atoms with Crippen LogP contribution in [0.15, 0.2) is 166 Å². The van der Waals surface area contributed by atoms with Gasteiger partial charge in [-0.2, -0.15) is 0 Å². The van der Waals surface area contributed by atoms with Crippen molar-refractivity contribution in [2.45, 2.75) is 46.8 Å². The topological polar surface area (TPSA) is 273 Å². The summed E-state index contributed by atoms with van der Waals surface area (Å²) in [5.74, 6) is -2.38. The molecule has 0 unspecified atom stereocenters. The number of benzene rings is 7. The van der Waals surface area contributed by atoms with Crippen LogP contribution in [0.25, 0.3) is 32.7 Å². The van der Waals surface area contributed by atoms with E-state index in [4.69, 9.17) is 0 Å². The highest BCUT2D eigenvalue weighted by molar-refractivity contribution is 6.01. The van der Waals surface area contributed by atoms with Crippen LogP contribution in [0, 0.1) is 74.4 Å². The van der Waals surface area contributed by atoms with Crippen LogP contribution in [-0.4, -0.2) is 191 Å². The van der Waals surface area contributed by atoms with Gasteiger partial charge in [0.1, 0.15) is 40.3 Å². The molecule has 6 heterocycles. The number of fused-ring (bicyclic) bond motifs is 3. The minimum absolute atomic E-state index is 0.0414. The maximum absolute atomic E-state index is 13.6. The van der Waals surface area contributed by atoms with E-state index >= 15 is 0 Å². The second-order valence-electron chi connectivity index (χ2n) is 27.7. The Hall–Kier alpha value is -12.2. The van der Waals surface area contributed by atoms with Gasteiger partial charge < -0.3 is 48.3 Å². The fraction of sp³-hybridized carbons (Fsp3) is 0.316. The van der Waals surface area contributed by atoms with Crippen molar-refractivity contribution in [3.05, 3.63) is 275 Å². The van der Waals surface area contributed by atoms with Gasteiger partial charge in [0, 0.05) is 131 Å². The monoisotopic (exact) mass is 1490 g/mol. The quantitative estimate of drug-likeness (QED) is 0.0439. The minimum Gasteiger partial charge on any atom is -0.362 e. The number of aromatic nitrogens is 3. The van der Waals surface area contributed by atoms with Gasteiger partial charge in [0.25, 0.3) is 17.7 Å². The predicted molar refractivity (Wildman–Crippen MR) is 410 cm³/mol. The van der Waals surface area contributed by atoms with Gasteiger partial charge >= 0.3 is 33.7 Å². The summed E-state index contributed by atoms with van der Waals surface area (Å²) in [6.07, 6.45) is 0.677. The first-order valence-corrected chi connectivity index (χ1v) is 35.4. The molecule has 3 aliphatic heterocycles. The van der Waals surface area contributed by atoms with E-state index < -0.39 is 71.8 Å². The number of aryl methyl sites for hydroxylation is 4. The number of nitrogens with zero attached hydrogens (tertiary/aromatic N) is 14. The Morgan fingerprint density at radius 2 is 0.651 bits per heavy atom. The van der Waals surface area contributed by atoms with Crippen LogP contribution >= 0.6 is 0 Å². The first kappa shape index (κ1) is 77.9. The summed E-state index contributed by atoms with van der Waals surface area (Å²) in [5, 5.41) is 38.5. The van der Waals surface area contributed by atoms with Crippen molar-refractivity contribution in [2.24, 2.45) is 0 Å². The summed E-state index contributed by atoms with van der Waals surface area (Å²) < 4.78 is 57.5. The maximum atomic E-state index is 13.6. The number of carbonyl (C=O) groups excluding carboxylic acids is 3. The summed E-state index contributed by atoms with van der Waals surface area (Å²) in [5.41, 5.74) is 3.73. The van der Waals surface area contributed by atoms with Gasteiger partial charge in [0.2, 0.25) is 0 Å². The van der Waals surface area contributed by atoms with Crippen LogP contribution in [0.4, 0.5) is 51.7 Å². The highest BCUT2D eigenvalue weighted by atomic mass is 19.1.